The molecule has 4 rings (SSSR count). The van der Waals surface area contributed by atoms with Gasteiger partial charge in [0.05, 0.1) is 5.69 Å². The van der Waals surface area contributed by atoms with E-state index in [1.165, 1.54) is 18.5 Å². The lowest BCUT2D eigenvalue weighted by molar-refractivity contribution is 0.628. The van der Waals surface area contributed by atoms with Gasteiger partial charge in [0.25, 0.3) is 0 Å². The summed E-state index contributed by atoms with van der Waals surface area (Å²) in [5.74, 6) is 0.531. The number of halogens is 1. The van der Waals surface area contributed by atoms with E-state index in [0.29, 0.717) is 23.0 Å². The Morgan fingerprint density at radius 2 is 1.83 bits per heavy atom. The maximum Gasteiger partial charge on any atom is 0.236 e. The quantitative estimate of drug-likeness (QED) is 0.615. The fraction of sp³-hybridized carbons (Fsp3) is 0. The minimum Gasteiger partial charge on any atom is -0.384 e. The lowest BCUT2D eigenvalue weighted by Crippen LogP contribution is -1.96. The fourth-order valence-electron chi connectivity index (χ4n) is 2.43. The monoisotopic (exact) mass is 306 g/mol. The molecule has 0 aliphatic heterocycles. The molecule has 0 fully saturated rings. The van der Waals surface area contributed by atoms with E-state index in [1.807, 2.05) is 0 Å². The van der Waals surface area contributed by atoms with Gasteiger partial charge >= 0.3 is 0 Å². The average Bonchev–Trinajstić information content (AvgIpc) is 2.94. The number of nitrogens with zero attached hydrogens (tertiary/aromatic N) is 5. The molecule has 3 aromatic heterocycles. The molecule has 4 aromatic rings. The van der Waals surface area contributed by atoms with Gasteiger partial charge in [0, 0.05) is 18.0 Å². The number of hydrogen-bond donors (Lipinski definition) is 1. The van der Waals surface area contributed by atoms with Crippen LogP contribution in [0.3, 0.4) is 0 Å². The van der Waals surface area contributed by atoms with Gasteiger partial charge in [-0.2, -0.15) is 4.98 Å². The molecule has 0 spiro atoms. The largest absolute Gasteiger partial charge is 0.384 e. The fourth-order valence-corrected chi connectivity index (χ4v) is 2.43. The van der Waals surface area contributed by atoms with Crippen molar-refractivity contribution in [2.75, 3.05) is 5.73 Å². The summed E-state index contributed by atoms with van der Waals surface area (Å²) in [6.45, 7) is 0. The summed E-state index contributed by atoms with van der Waals surface area (Å²) in [5, 5.41) is 0. The van der Waals surface area contributed by atoms with E-state index in [9.17, 15) is 4.39 Å². The summed E-state index contributed by atoms with van der Waals surface area (Å²) in [7, 11) is 0. The summed E-state index contributed by atoms with van der Waals surface area (Å²) in [6, 6.07) is 9.60. The molecule has 0 saturated carbocycles. The first-order chi connectivity index (χ1) is 11.2. The molecular weight excluding hydrogens is 295 g/mol. The molecule has 3 heterocycles. The lowest BCUT2D eigenvalue weighted by atomic mass is 10.1. The van der Waals surface area contributed by atoms with E-state index in [2.05, 4.69) is 19.9 Å². The van der Waals surface area contributed by atoms with Crippen LogP contribution in [0.2, 0.25) is 0 Å². The van der Waals surface area contributed by atoms with Gasteiger partial charge in [0.15, 0.2) is 0 Å². The van der Waals surface area contributed by atoms with Gasteiger partial charge in [0.1, 0.15) is 29.4 Å². The van der Waals surface area contributed by atoms with Gasteiger partial charge in [0.2, 0.25) is 5.78 Å². The third-order valence-electron chi connectivity index (χ3n) is 3.46. The molecule has 112 valence electrons. The van der Waals surface area contributed by atoms with Crippen molar-refractivity contribution in [2.24, 2.45) is 0 Å². The molecule has 23 heavy (non-hydrogen) atoms. The predicted octanol–water partition coefficient (Wildman–Crippen LogP) is 2.57. The van der Waals surface area contributed by atoms with E-state index in [4.69, 9.17) is 5.73 Å². The molecule has 7 heteroatoms. The second-order valence-corrected chi connectivity index (χ2v) is 4.93. The number of aromatic nitrogens is 5. The number of nitrogens with two attached hydrogens (primary N) is 1. The first kappa shape index (κ1) is 13.3. The zero-order chi connectivity index (χ0) is 15.8. The van der Waals surface area contributed by atoms with Crippen molar-refractivity contribution < 1.29 is 4.39 Å². The van der Waals surface area contributed by atoms with Gasteiger partial charge in [-0.15, -0.1) is 0 Å². The molecule has 0 aliphatic carbocycles. The van der Waals surface area contributed by atoms with Crippen LogP contribution in [-0.2, 0) is 0 Å². The molecular formula is C16H11FN6. The van der Waals surface area contributed by atoms with Crippen molar-refractivity contribution in [1.29, 1.82) is 0 Å². The van der Waals surface area contributed by atoms with Crippen molar-refractivity contribution in [3.63, 3.8) is 0 Å². The van der Waals surface area contributed by atoms with Gasteiger partial charge in [-0.1, -0.05) is 0 Å². The van der Waals surface area contributed by atoms with E-state index < -0.39 is 0 Å². The standard InChI is InChI=1S/C16H11FN6/c17-11-3-1-10(2-4-11)14-15(12-5-7-19-9-20-12)23-8-6-13(18)21-16(23)22-14/h1-9H,(H2,18,21,22). The molecule has 0 amide bonds. The minimum atomic E-state index is -0.302. The molecule has 2 N–H and O–H groups in total. The molecule has 6 nitrogen and oxygen atoms in total. The summed E-state index contributed by atoms with van der Waals surface area (Å²) < 4.78 is 15.0. The van der Waals surface area contributed by atoms with Crippen LogP contribution in [0.4, 0.5) is 10.2 Å². The average molecular weight is 306 g/mol. The zero-order valence-corrected chi connectivity index (χ0v) is 11.9. The van der Waals surface area contributed by atoms with Crippen molar-refractivity contribution in [1.82, 2.24) is 24.3 Å². The second kappa shape index (κ2) is 5.13. The lowest BCUT2D eigenvalue weighted by Gasteiger charge is -2.04. The number of anilines is 1. The van der Waals surface area contributed by atoms with Crippen LogP contribution in [-0.4, -0.2) is 24.3 Å². The van der Waals surface area contributed by atoms with Crippen molar-refractivity contribution in [3.8, 4) is 22.6 Å². The highest BCUT2D eigenvalue weighted by Crippen LogP contribution is 2.31. The highest BCUT2D eigenvalue weighted by Gasteiger charge is 2.17. The van der Waals surface area contributed by atoms with Crippen LogP contribution in [0.25, 0.3) is 28.4 Å². The Hall–Kier alpha value is -3.35. The Morgan fingerprint density at radius 1 is 1.00 bits per heavy atom. The van der Waals surface area contributed by atoms with Crippen LogP contribution in [0, 0.1) is 5.82 Å². The topological polar surface area (TPSA) is 82.0 Å². The van der Waals surface area contributed by atoms with E-state index in [-0.39, 0.29) is 5.82 Å². The normalized spacial score (nSPS) is 11.0. The first-order valence-corrected chi connectivity index (χ1v) is 6.89. The Balaban J connectivity index is 2.04. The Morgan fingerprint density at radius 3 is 2.57 bits per heavy atom. The molecule has 0 saturated heterocycles. The van der Waals surface area contributed by atoms with Gasteiger partial charge in [-0.3, -0.25) is 4.40 Å². The van der Waals surface area contributed by atoms with Crippen LogP contribution in [0.15, 0.2) is 55.1 Å². The number of imidazole rings is 1. The van der Waals surface area contributed by atoms with Gasteiger partial charge < -0.3 is 5.73 Å². The summed E-state index contributed by atoms with van der Waals surface area (Å²) in [4.78, 5) is 17.0. The van der Waals surface area contributed by atoms with E-state index >= 15 is 0 Å². The second-order valence-electron chi connectivity index (χ2n) is 4.93. The highest BCUT2D eigenvalue weighted by atomic mass is 19.1. The number of rotatable bonds is 2. The maximum absolute atomic E-state index is 13.2. The van der Waals surface area contributed by atoms with Crippen molar-refractivity contribution >= 4 is 11.6 Å². The van der Waals surface area contributed by atoms with Crippen molar-refractivity contribution in [3.05, 3.63) is 60.9 Å². The maximum atomic E-state index is 13.2. The molecule has 0 radical (unpaired) electrons. The zero-order valence-electron chi connectivity index (χ0n) is 11.9. The van der Waals surface area contributed by atoms with Gasteiger partial charge in [-0.05, 0) is 36.4 Å². The summed E-state index contributed by atoms with van der Waals surface area (Å²) >= 11 is 0. The van der Waals surface area contributed by atoms with Crippen molar-refractivity contribution in [2.45, 2.75) is 0 Å². The Bertz CT molecular complexity index is 979. The number of hydrogen-bond acceptors (Lipinski definition) is 5. The number of fused-ring (bicyclic) bond motifs is 1. The number of nitrogen functional groups attached to an aromatic ring is 1. The van der Waals surface area contributed by atoms with Crippen LogP contribution in [0.5, 0.6) is 0 Å². The summed E-state index contributed by atoms with van der Waals surface area (Å²) in [5.41, 5.74) is 8.61. The van der Waals surface area contributed by atoms with Crippen LogP contribution in [0.1, 0.15) is 0 Å². The van der Waals surface area contributed by atoms with Crippen LogP contribution < -0.4 is 5.73 Å². The van der Waals surface area contributed by atoms with E-state index in [1.54, 1.807) is 41.1 Å². The first-order valence-electron chi connectivity index (χ1n) is 6.89. The molecule has 0 aliphatic rings. The SMILES string of the molecule is Nc1ccn2c(-c3ccncn3)c(-c3ccc(F)cc3)nc2n1. The summed E-state index contributed by atoms with van der Waals surface area (Å²) in [6.07, 6.45) is 4.91. The Kier molecular flexibility index (Phi) is 2.97. The smallest absolute Gasteiger partial charge is 0.236 e. The van der Waals surface area contributed by atoms with Gasteiger partial charge in [-0.25, -0.2) is 19.3 Å². The van der Waals surface area contributed by atoms with Crippen LogP contribution >= 0.6 is 0 Å². The molecule has 0 unspecified atom stereocenters. The third-order valence-corrected chi connectivity index (χ3v) is 3.46. The molecule has 1 aromatic carbocycles. The Labute approximate surface area is 130 Å². The molecule has 0 atom stereocenters. The number of benzene rings is 1. The van der Waals surface area contributed by atoms with E-state index in [0.717, 1.165) is 11.3 Å². The predicted molar refractivity (Wildman–Crippen MR) is 83.8 cm³/mol. The minimum absolute atomic E-state index is 0.302. The highest BCUT2D eigenvalue weighted by molar-refractivity contribution is 5.79. The third kappa shape index (κ3) is 2.28. The molecule has 0 bridgehead atoms.